The molecule has 1 amide bonds. The second kappa shape index (κ2) is 6.90. The maximum atomic E-state index is 11.2. The van der Waals surface area contributed by atoms with E-state index in [0.29, 0.717) is 6.42 Å². The van der Waals surface area contributed by atoms with Crippen LogP contribution < -0.4 is 11.1 Å². The molecule has 2 aliphatic rings. The van der Waals surface area contributed by atoms with Crippen molar-refractivity contribution in [1.29, 1.82) is 0 Å². The summed E-state index contributed by atoms with van der Waals surface area (Å²) in [5.74, 6) is -0.332. The van der Waals surface area contributed by atoms with E-state index in [2.05, 4.69) is 5.32 Å². The number of amides is 1. The minimum atomic E-state index is -3.45. The largest absolute Gasteiger partial charge is 0.386 e. The van der Waals surface area contributed by atoms with Crippen LogP contribution in [0, 0.1) is 0 Å². The van der Waals surface area contributed by atoms with Gasteiger partial charge >= 0.3 is 6.72 Å². The monoisotopic (exact) mass is 353 g/mol. The van der Waals surface area contributed by atoms with Crippen LogP contribution in [0.25, 0.3) is 0 Å². The van der Waals surface area contributed by atoms with Gasteiger partial charge < -0.3 is 29.5 Å². The number of ether oxygens (including phenoxy) is 1. The van der Waals surface area contributed by atoms with E-state index < -0.39 is 37.5 Å². The summed E-state index contributed by atoms with van der Waals surface area (Å²) in [4.78, 5) is 22.5. The summed E-state index contributed by atoms with van der Waals surface area (Å²) in [6, 6.07) is 0. The van der Waals surface area contributed by atoms with E-state index >= 15 is 0 Å². The number of hydrogen-bond donors (Lipinski definition) is 4. The van der Waals surface area contributed by atoms with E-state index in [9.17, 15) is 14.8 Å². The van der Waals surface area contributed by atoms with E-state index in [0.717, 1.165) is 0 Å². The highest BCUT2D eigenvalue weighted by atomic mass is 32.5. The average molecular weight is 353 g/mol. The van der Waals surface area contributed by atoms with Gasteiger partial charge in [-0.1, -0.05) is 6.92 Å². The van der Waals surface area contributed by atoms with E-state index in [4.69, 9.17) is 31.3 Å². The maximum Gasteiger partial charge on any atom is 0.324 e. The fraction of sp³-hybridized carbons (Fsp3) is 0.727. The molecule has 9 nitrogen and oxygen atoms in total. The predicted octanol–water partition coefficient (Wildman–Crippen LogP) is -1.08. The topological polar surface area (TPSA) is 127 Å². The van der Waals surface area contributed by atoms with Crippen molar-refractivity contribution in [2.45, 2.75) is 44.2 Å². The normalized spacial score (nSPS) is 38.0. The van der Waals surface area contributed by atoms with Gasteiger partial charge in [-0.15, -0.1) is 0 Å². The van der Waals surface area contributed by atoms with Crippen LogP contribution in [0.4, 0.5) is 0 Å². The minimum absolute atomic E-state index is 0.332. The number of nitrogens with one attached hydrogen (secondary N) is 1. The molecule has 6 atom stereocenters. The Balaban J connectivity index is 2.17. The molecule has 0 aromatic heterocycles. The molecule has 1 fully saturated rings. The summed E-state index contributed by atoms with van der Waals surface area (Å²) < 4.78 is 15.8. The summed E-state index contributed by atoms with van der Waals surface area (Å²) in [6.07, 6.45) is -0.914. The highest BCUT2D eigenvalue weighted by molar-refractivity contribution is 8.07. The number of hydrogen-bond acceptors (Lipinski definition) is 8. The molecule has 3 unspecified atom stereocenters. The smallest absolute Gasteiger partial charge is 0.324 e. The molecular formula is C11H20N3O6PS. The van der Waals surface area contributed by atoms with E-state index in [-0.39, 0.29) is 5.91 Å². The third-order valence-corrected chi connectivity index (χ3v) is 5.18. The molecule has 0 spiro atoms. The summed E-state index contributed by atoms with van der Waals surface area (Å²) >= 11 is 4.82. The lowest BCUT2D eigenvalue weighted by atomic mass is 10.1. The fourth-order valence-corrected chi connectivity index (χ4v) is 3.33. The molecule has 22 heavy (non-hydrogen) atoms. The Morgan fingerprint density at radius 1 is 1.64 bits per heavy atom. The first-order valence-electron chi connectivity index (χ1n) is 6.71. The minimum Gasteiger partial charge on any atom is -0.386 e. The molecule has 0 bridgehead atoms. The van der Waals surface area contributed by atoms with Crippen molar-refractivity contribution in [2.24, 2.45) is 5.73 Å². The van der Waals surface area contributed by atoms with Gasteiger partial charge in [0, 0.05) is 19.4 Å². The molecular weight excluding hydrogens is 333 g/mol. The first-order chi connectivity index (χ1) is 10.3. The third kappa shape index (κ3) is 3.66. The van der Waals surface area contributed by atoms with E-state index in [1.807, 2.05) is 6.92 Å². The van der Waals surface area contributed by atoms with Gasteiger partial charge in [0.15, 0.2) is 12.5 Å². The van der Waals surface area contributed by atoms with Crippen LogP contribution in [-0.4, -0.2) is 58.7 Å². The SMILES string of the molecule is CC[C@H]1O[C@@H](N2C=CC(=O)NC2N)[C@@H](O)C1OP(O)(=S)OC. The van der Waals surface area contributed by atoms with E-state index in [1.54, 1.807) is 0 Å². The van der Waals surface area contributed by atoms with Gasteiger partial charge in [-0.3, -0.25) is 15.1 Å². The number of aliphatic hydroxyl groups excluding tert-OH is 1. The Morgan fingerprint density at radius 2 is 2.32 bits per heavy atom. The highest BCUT2D eigenvalue weighted by Gasteiger charge is 2.49. The summed E-state index contributed by atoms with van der Waals surface area (Å²) in [5, 5.41) is 12.9. The molecule has 11 heteroatoms. The van der Waals surface area contributed by atoms with Gasteiger partial charge in [-0.2, -0.15) is 0 Å². The van der Waals surface area contributed by atoms with Crippen LogP contribution in [0.2, 0.25) is 0 Å². The van der Waals surface area contributed by atoms with Crippen molar-refractivity contribution in [3.05, 3.63) is 12.3 Å². The molecule has 126 valence electrons. The zero-order valence-electron chi connectivity index (χ0n) is 12.2. The molecule has 2 heterocycles. The first kappa shape index (κ1) is 17.8. The van der Waals surface area contributed by atoms with Crippen LogP contribution in [0.3, 0.4) is 0 Å². The molecule has 0 saturated carbocycles. The van der Waals surface area contributed by atoms with Crippen molar-refractivity contribution in [3.63, 3.8) is 0 Å². The Labute approximate surface area is 133 Å². The Bertz CT molecular complexity index is 506. The molecule has 0 radical (unpaired) electrons. The van der Waals surface area contributed by atoms with Gasteiger partial charge in [-0.05, 0) is 18.2 Å². The standard InChI is InChI=1S/C11H20N3O6PS/c1-3-6-9(20-21(17,22)18-2)8(16)10(19-6)14-5-4-7(15)13-11(14)12/h4-6,8-11,16H,3,12H2,1-2H3,(H,13,15)(H,17,22)/t6-,8+,9?,10-,11?,21?/m1/s1. The average Bonchev–Trinajstić information content (AvgIpc) is 2.76. The highest BCUT2D eigenvalue weighted by Crippen LogP contribution is 2.47. The number of nitrogens with zero attached hydrogens (tertiary/aromatic N) is 1. The number of carbonyl (C=O) groups is 1. The van der Waals surface area contributed by atoms with Crippen molar-refractivity contribution in [1.82, 2.24) is 10.2 Å². The summed E-state index contributed by atoms with van der Waals surface area (Å²) in [7, 11) is 1.24. The lowest BCUT2D eigenvalue weighted by Gasteiger charge is -2.36. The number of carbonyl (C=O) groups excluding carboxylic acids is 1. The Kier molecular flexibility index (Phi) is 5.57. The van der Waals surface area contributed by atoms with Crippen molar-refractivity contribution in [3.8, 4) is 0 Å². The molecule has 0 aliphatic carbocycles. The quantitative estimate of drug-likeness (QED) is 0.456. The van der Waals surface area contributed by atoms with Crippen molar-refractivity contribution >= 4 is 24.4 Å². The summed E-state index contributed by atoms with van der Waals surface area (Å²) in [6.45, 7) is -1.60. The van der Waals surface area contributed by atoms with Crippen LogP contribution in [0.1, 0.15) is 13.3 Å². The Hall–Kier alpha value is -0.580. The number of rotatable bonds is 5. The number of nitrogens with two attached hydrogens (primary N) is 1. The van der Waals surface area contributed by atoms with Gasteiger partial charge in [0.05, 0.1) is 6.10 Å². The van der Waals surface area contributed by atoms with Gasteiger partial charge in [0.1, 0.15) is 12.2 Å². The zero-order chi connectivity index (χ0) is 16.5. The fourth-order valence-electron chi connectivity index (χ4n) is 2.38. The van der Waals surface area contributed by atoms with Gasteiger partial charge in [0.2, 0.25) is 5.91 Å². The van der Waals surface area contributed by atoms with Crippen molar-refractivity contribution < 1.29 is 28.6 Å². The van der Waals surface area contributed by atoms with Crippen LogP contribution >= 0.6 is 6.72 Å². The molecule has 2 aliphatic heterocycles. The van der Waals surface area contributed by atoms with Crippen molar-refractivity contribution in [2.75, 3.05) is 7.11 Å². The molecule has 1 saturated heterocycles. The second-order valence-electron chi connectivity index (χ2n) is 4.90. The predicted molar refractivity (Wildman–Crippen MR) is 80.4 cm³/mol. The first-order valence-corrected chi connectivity index (χ1v) is 9.30. The van der Waals surface area contributed by atoms with Gasteiger partial charge in [0.25, 0.3) is 0 Å². The molecule has 0 aromatic carbocycles. The van der Waals surface area contributed by atoms with Gasteiger partial charge in [-0.25, -0.2) is 0 Å². The Morgan fingerprint density at radius 3 is 2.86 bits per heavy atom. The molecule has 2 rings (SSSR count). The van der Waals surface area contributed by atoms with Crippen LogP contribution in [0.15, 0.2) is 12.3 Å². The lowest BCUT2D eigenvalue weighted by Crippen LogP contribution is -2.59. The molecule has 0 aromatic rings. The van der Waals surface area contributed by atoms with Crippen LogP contribution in [-0.2, 0) is 30.4 Å². The van der Waals surface area contributed by atoms with E-state index in [1.165, 1.54) is 24.3 Å². The van der Waals surface area contributed by atoms with Crippen LogP contribution in [0.5, 0.6) is 0 Å². The second-order valence-corrected chi connectivity index (χ2v) is 7.80. The lowest BCUT2D eigenvalue weighted by molar-refractivity contribution is -0.125. The third-order valence-electron chi connectivity index (χ3n) is 3.50. The molecule has 5 N–H and O–H groups in total. The zero-order valence-corrected chi connectivity index (χ0v) is 13.9. The number of aliphatic hydroxyl groups is 1. The summed E-state index contributed by atoms with van der Waals surface area (Å²) in [5.41, 5.74) is 5.82. The maximum absolute atomic E-state index is 11.2.